The van der Waals surface area contributed by atoms with E-state index >= 15 is 0 Å². The van der Waals surface area contributed by atoms with Crippen molar-refractivity contribution in [3.63, 3.8) is 0 Å². The van der Waals surface area contributed by atoms with Gasteiger partial charge < -0.3 is 4.74 Å². The van der Waals surface area contributed by atoms with Gasteiger partial charge in [-0.15, -0.1) is 6.58 Å². The maximum Gasteiger partial charge on any atom is 0.309 e. The highest BCUT2D eigenvalue weighted by Crippen LogP contribution is 2.26. The number of ether oxygens (including phenoxy) is 1. The van der Waals surface area contributed by atoms with Gasteiger partial charge in [-0.1, -0.05) is 6.08 Å². The first-order chi connectivity index (χ1) is 7.76. The van der Waals surface area contributed by atoms with Gasteiger partial charge >= 0.3 is 5.97 Å². The lowest BCUT2D eigenvalue weighted by Crippen LogP contribution is -2.25. The van der Waals surface area contributed by atoms with Crippen molar-refractivity contribution < 1.29 is 9.53 Å². The summed E-state index contributed by atoms with van der Waals surface area (Å²) in [6.45, 7) is 4.40. The standard InChI is InChI=1S/C12H16N2O2/c1-3-6-14-11-7-9(12(15)16-2)4-5-10(11)8-13-14/h3,8-9H,1,4-7H2,2H3/t9-/m1/s1. The average Bonchev–Trinajstić information content (AvgIpc) is 2.71. The first kappa shape index (κ1) is 10.9. The second kappa shape index (κ2) is 4.51. The monoisotopic (exact) mass is 220 g/mol. The van der Waals surface area contributed by atoms with Crippen LogP contribution in [0.4, 0.5) is 0 Å². The Bertz CT molecular complexity index is 409. The molecule has 0 amide bonds. The predicted molar refractivity (Wildman–Crippen MR) is 60.0 cm³/mol. The smallest absolute Gasteiger partial charge is 0.309 e. The van der Waals surface area contributed by atoms with Gasteiger partial charge in [-0.25, -0.2) is 0 Å². The molecule has 4 nitrogen and oxygen atoms in total. The molecule has 0 saturated heterocycles. The lowest BCUT2D eigenvalue weighted by atomic mass is 9.88. The van der Waals surface area contributed by atoms with Crippen LogP contribution >= 0.6 is 0 Å². The number of allylic oxidation sites excluding steroid dienone is 1. The number of aryl methyl sites for hydroxylation is 1. The van der Waals surface area contributed by atoms with E-state index in [1.54, 1.807) is 0 Å². The molecule has 0 radical (unpaired) electrons. The van der Waals surface area contributed by atoms with E-state index < -0.39 is 0 Å². The fourth-order valence-corrected chi connectivity index (χ4v) is 2.21. The van der Waals surface area contributed by atoms with Gasteiger partial charge in [0.2, 0.25) is 0 Å². The Hall–Kier alpha value is -1.58. The van der Waals surface area contributed by atoms with E-state index in [1.807, 2.05) is 17.0 Å². The minimum Gasteiger partial charge on any atom is -0.469 e. The Morgan fingerprint density at radius 1 is 1.81 bits per heavy atom. The molecule has 0 saturated carbocycles. The maximum absolute atomic E-state index is 11.5. The fourth-order valence-electron chi connectivity index (χ4n) is 2.21. The largest absolute Gasteiger partial charge is 0.469 e. The molecule has 16 heavy (non-hydrogen) atoms. The van der Waals surface area contributed by atoms with Crippen molar-refractivity contribution in [2.75, 3.05) is 7.11 Å². The highest BCUT2D eigenvalue weighted by molar-refractivity contribution is 5.73. The van der Waals surface area contributed by atoms with Crippen molar-refractivity contribution in [2.45, 2.75) is 25.8 Å². The zero-order chi connectivity index (χ0) is 11.5. The molecule has 0 aliphatic heterocycles. The number of aromatic nitrogens is 2. The van der Waals surface area contributed by atoms with Crippen LogP contribution < -0.4 is 0 Å². The summed E-state index contributed by atoms with van der Waals surface area (Å²) in [7, 11) is 1.44. The number of nitrogens with zero attached hydrogens (tertiary/aromatic N) is 2. The lowest BCUT2D eigenvalue weighted by Gasteiger charge is -2.20. The van der Waals surface area contributed by atoms with E-state index in [0.29, 0.717) is 6.54 Å². The van der Waals surface area contributed by atoms with Gasteiger partial charge in [0.05, 0.1) is 25.8 Å². The molecule has 1 aliphatic carbocycles. The Morgan fingerprint density at radius 2 is 2.62 bits per heavy atom. The van der Waals surface area contributed by atoms with E-state index in [1.165, 1.54) is 12.7 Å². The molecule has 0 fully saturated rings. The number of carbonyl (C=O) groups excluding carboxylic acids is 1. The topological polar surface area (TPSA) is 44.1 Å². The van der Waals surface area contributed by atoms with Gasteiger partial charge in [0.25, 0.3) is 0 Å². The summed E-state index contributed by atoms with van der Waals surface area (Å²) in [6, 6.07) is 0. The van der Waals surface area contributed by atoms with Crippen molar-refractivity contribution >= 4 is 5.97 Å². The zero-order valence-corrected chi connectivity index (χ0v) is 9.48. The van der Waals surface area contributed by atoms with Gasteiger partial charge in [-0.2, -0.15) is 5.10 Å². The number of fused-ring (bicyclic) bond motifs is 1. The van der Waals surface area contributed by atoms with Crippen LogP contribution in [0.2, 0.25) is 0 Å². The van der Waals surface area contributed by atoms with Crippen molar-refractivity contribution in [2.24, 2.45) is 5.92 Å². The second-order valence-electron chi connectivity index (χ2n) is 4.05. The minimum atomic E-state index is -0.114. The van der Waals surface area contributed by atoms with Gasteiger partial charge in [0.1, 0.15) is 0 Å². The number of rotatable bonds is 3. The summed E-state index contributed by atoms with van der Waals surface area (Å²) in [4.78, 5) is 11.5. The second-order valence-corrected chi connectivity index (χ2v) is 4.05. The molecule has 0 unspecified atom stereocenters. The summed E-state index contributed by atoms with van der Waals surface area (Å²) in [6.07, 6.45) is 6.21. The number of esters is 1. The van der Waals surface area contributed by atoms with E-state index in [0.717, 1.165) is 25.0 Å². The van der Waals surface area contributed by atoms with Crippen molar-refractivity contribution in [3.8, 4) is 0 Å². The molecule has 1 heterocycles. The molecule has 1 atom stereocenters. The molecule has 1 aromatic heterocycles. The van der Waals surface area contributed by atoms with E-state index in [2.05, 4.69) is 11.7 Å². The number of hydrogen-bond donors (Lipinski definition) is 0. The summed E-state index contributed by atoms with van der Waals surface area (Å²) in [5, 5.41) is 4.30. The third kappa shape index (κ3) is 1.87. The van der Waals surface area contributed by atoms with E-state index in [-0.39, 0.29) is 11.9 Å². The third-order valence-corrected chi connectivity index (χ3v) is 3.07. The van der Waals surface area contributed by atoms with Gasteiger partial charge in [0.15, 0.2) is 0 Å². The molecule has 2 rings (SSSR count). The number of methoxy groups -OCH3 is 1. The summed E-state index contributed by atoms with van der Waals surface area (Å²) in [5.41, 5.74) is 2.41. The van der Waals surface area contributed by atoms with E-state index in [9.17, 15) is 4.79 Å². The molecule has 0 N–H and O–H groups in total. The summed E-state index contributed by atoms with van der Waals surface area (Å²) < 4.78 is 6.71. The van der Waals surface area contributed by atoms with Crippen LogP contribution in [0.3, 0.4) is 0 Å². The lowest BCUT2D eigenvalue weighted by molar-refractivity contribution is -0.145. The molecular weight excluding hydrogens is 204 g/mol. The third-order valence-electron chi connectivity index (χ3n) is 3.07. The maximum atomic E-state index is 11.5. The Morgan fingerprint density at radius 3 is 3.31 bits per heavy atom. The Balaban J connectivity index is 2.20. The molecule has 0 aromatic carbocycles. The van der Waals surface area contributed by atoms with Crippen molar-refractivity contribution in [1.82, 2.24) is 9.78 Å². The quantitative estimate of drug-likeness (QED) is 0.570. The van der Waals surface area contributed by atoms with Crippen molar-refractivity contribution in [1.29, 1.82) is 0 Å². The first-order valence-corrected chi connectivity index (χ1v) is 5.48. The fraction of sp³-hybridized carbons (Fsp3) is 0.500. The van der Waals surface area contributed by atoms with Crippen molar-refractivity contribution in [3.05, 3.63) is 30.1 Å². The predicted octanol–water partition coefficient (Wildman–Crippen LogP) is 1.35. The molecule has 1 aromatic rings. The van der Waals surface area contributed by atoms with Crippen LogP contribution in [0.5, 0.6) is 0 Å². The molecule has 1 aliphatic rings. The van der Waals surface area contributed by atoms with Crippen LogP contribution in [0, 0.1) is 5.92 Å². The molecule has 0 bridgehead atoms. The van der Waals surface area contributed by atoms with E-state index in [4.69, 9.17) is 4.74 Å². The van der Waals surface area contributed by atoms with Crippen LogP contribution in [-0.2, 0) is 28.9 Å². The number of hydrogen-bond acceptors (Lipinski definition) is 3. The molecular formula is C12H16N2O2. The summed E-state index contributed by atoms with van der Waals surface area (Å²) in [5.74, 6) is -0.130. The highest BCUT2D eigenvalue weighted by atomic mass is 16.5. The van der Waals surface area contributed by atoms with Gasteiger partial charge in [0, 0.05) is 12.1 Å². The number of carbonyl (C=O) groups is 1. The van der Waals surface area contributed by atoms with Gasteiger partial charge in [-0.05, 0) is 18.4 Å². The van der Waals surface area contributed by atoms with Gasteiger partial charge in [-0.3, -0.25) is 9.48 Å². The Labute approximate surface area is 94.9 Å². The van der Waals surface area contributed by atoms with Crippen LogP contribution in [-0.4, -0.2) is 22.9 Å². The minimum absolute atomic E-state index is 0.0160. The van der Waals surface area contributed by atoms with Crippen LogP contribution in [0.15, 0.2) is 18.9 Å². The van der Waals surface area contributed by atoms with Crippen LogP contribution in [0.25, 0.3) is 0 Å². The zero-order valence-electron chi connectivity index (χ0n) is 9.48. The average molecular weight is 220 g/mol. The molecule has 86 valence electrons. The highest BCUT2D eigenvalue weighted by Gasteiger charge is 2.27. The summed E-state index contributed by atoms with van der Waals surface area (Å²) >= 11 is 0. The normalized spacial score (nSPS) is 18.9. The Kier molecular flexibility index (Phi) is 3.08. The molecule has 0 spiro atoms. The SMILES string of the molecule is C=CCn1ncc2c1C[C@H](C(=O)OC)CC2. The van der Waals surface area contributed by atoms with Crippen LogP contribution in [0.1, 0.15) is 17.7 Å². The molecule has 4 heteroatoms. The first-order valence-electron chi connectivity index (χ1n) is 5.48.